The molecule has 1 aliphatic rings. The fraction of sp³-hybridized carbons (Fsp3) is 0.318. The third-order valence-electron chi connectivity index (χ3n) is 4.07. The molecule has 0 radical (unpaired) electrons. The van der Waals surface area contributed by atoms with E-state index in [0.29, 0.717) is 5.04 Å². The van der Waals surface area contributed by atoms with Crippen LogP contribution in [0.15, 0.2) is 72.0 Å². The molecule has 0 saturated heterocycles. The van der Waals surface area contributed by atoms with Gasteiger partial charge in [-0.2, -0.15) is 5.10 Å². The number of likely N-dealkylation sites (N-methyl/N-ethyl adjacent to an activating group) is 2. The zero-order valence-corrected chi connectivity index (χ0v) is 18.0. The molecule has 1 aromatic carbocycles. The van der Waals surface area contributed by atoms with Crippen molar-refractivity contribution in [3.05, 3.63) is 84.1 Å². The summed E-state index contributed by atoms with van der Waals surface area (Å²) in [6.45, 7) is 16.3. The fourth-order valence-electron chi connectivity index (χ4n) is 2.63. The van der Waals surface area contributed by atoms with Crippen LogP contribution in [0, 0.1) is 11.6 Å². The summed E-state index contributed by atoms with van der Waals surface area (Å²) >= 11 is 1.36. The highest BCUT2D eigenvalue weighted by Gasteiger charge is 2.42. The summed E-state index contributed by atoms with van der Waals surface area (Å²) in [5, 5.41) is 9.94. The van der Waals surface area contributed by atoms with E-state index < -0.39 is 16.5 Å². The maximum atomic E-state index is 14.2. The Labute approximate surface area is 171 Å². The molecule has 1 N–H and O–H groups in total. The van der Waals surface area contributed by atoms with Crippen LogP contribution in [0.5, 0.6) is 0 Å². The van der Waals surface area contributed by atoms with E-state index in [1.165, 1.54) is 17.8 Å². The van der Waals surface area contributed by atoms with Gasteiger partial charge in [0.1, 0.15) is 21.5 Å². The van der Waals surface area contributed by atoms with Crippen LogP contribution in [0.2, 0.25) is 0 Å². The zero-order valence-electron chi connectivity index (χ0n) is 17.2. The minimum absolute atomic E-state index is 0.154. The van der Waals surface area contributed by atoms with Gasteiger partial charge in [0.15, 0.2) is 0 Å². The predicted molar refractivity (Wildman–Crippen MR) is 118 cm³/mol. The Morgan fingerprint density at radius 3 is 2.57 bits per heavy atom. The summed E-state index contributed by atoms with van der Waals surface area (Å²) in [5.41, 5.74) is 1.92. The number of allylic oxidation sites excluding steroid dienone is 3. The number of benzene rings is 1. The summed E-state index contributed by atoms with van der Waals surface area (Å²) in [6.07, 6.45) is 7.18. The Balaban J connectivity index is 0.00000190. The molecule has 0 fully saturated rings. The van der Waals surface area contributed by atoms with Crippen molar-refractivity contribution >= 4 is 16.8 Å². The average molecular weight is 406 g/mol. The Bertz CT molecular complexity index is 799. The minimum Gasteiger partial charge on any atom is -0.385 e. The largest absolute Gasteiger partial charge is 0.385 e. The standard InChI is InChI=1S/C20H23F2N3S.C2H6/c1-6-9-10-16(18(7-2)23-8-3)20(4)25(5)24-19(26-20)15-13-14(21)11-12-17(15)22;1-2/h6-7,9-13,23H,1-2,8H2,3-5H3;1-2H3/b10-9-,18-16-;. The van der Waals surface area contributed by atoms with Crippen LogP contribution in [-0.4, -0.2) is 28.5 Å². The van der Waals surface area contributed by atoms with Gasteiger partial charge in [0, 0.05) is 30.4 Å². The minimum atomic E-state index is -0.626. The quantitative estimate of drug-likeness (QED) is 0.578. The summed E-state index contributed by atoms with van der Waals surface area (Å²) in [7, 11) is 1.81. The van der Waals surface area contributed by atoms with E-state index >= 15 is 0 Å². The lowest BCUT2D eigenvalue weighted by atomic mass is 10.0. The van der Waals surface area contributed by atoms with Gasteiger partial charge >= 0.3 is 0 Å². The lowest BCUT2D eigenvalue weighted by Crippen LogP contribution is -2.37. The number of hydrogen-bond donors (Lipinski definition) is 1. The maximum Gasteiger partial charge on any atom is 0.133 e. The molecule has 2 rings (SSSR count). The first-order valence-corrected chi connectivity index (χ1v) is 10.1. The molecule has 3 nitrogen and oxygen atoms in total. The first-order chi connectivity index (χ1) is 13.4. The third kappa shape index (κ3) is 5.13. The highest BCUT2D eigenvalue weighted by Crippen LogP contribution is 2.45. The molecule has 0 saturated carbocycles. The number of hydrazone groups is 1. The summed E-state index contributed by atoms with van der Waals surface area (Å²) < 4.78 is 27.8. The molecule has 6 heteroatoms. The van der Waals surface area contributed by atoms with Gasteiger partial charge in [-0.3, -0.25) is 5.01 Å². The van der Waals surface area contributed by atoms with Crippen LogP contribution in [0.1, 0.15) is 33.3 Å². The van der Waals surface area contributed by atoms with Gasteiger partial charge in [-0.05, 0) is 38.1 Å². The van der Waals surface area contributed by atoms with Crippen LogP contribution in [-0.2, 0) is 0 Å². The van der Waals surface area contributed by atoms with E-state index in [4.69, 9.17) is 0 Å². The predicted octanol–water partition coefficient (Wildman–Crippen LogP) is 5.84. The smallest absolute Gasteiger partial charge is 0.133 e. The second-order valence-electron chi connectivity index (χ2n) is 5.79. The lowest BCUT2D eigenvalue weighted by Gasteiger charge is -2.33. The molecule has 0 amide bonds. The monoisotopic (exact) mass is 405 g/mol. The van der Waals surface area contributed by atoms with Crippen molar-refractivity contribution in [2.45, 2.75) is 32.6 Å². The van der Waals surface area contributed by atoms with E-state index in [2.05, 4.69) is 23.6 Å². The van der Waals surface area contributed by atoms with Gasteiger partial charge in [-0.1, -0.05) is 57.0 Å². The zero-order chi connectivity index (χ0) is 21.3. The molecular formula is C22H29F2N3S. The second kappa shape index (κ2) is 10.9. The van der Waals surface area contributed by atoms with Crippen LogP contribution in [0.3, 0.4) is 0 Å². The molecule has 0 bridgehead atoms. The third-order valence-corrected chi connectivity index (χ3v) is 5.45. The van der Waals surface area contributed by atoms with Gasteiger partial charge in [0.25, 0.3) is 0 Å². The fourth-order valence-corrected chi connectivity index (χ4v) is 3.90. The van der Waals surface area contributed by atoms with Crippen molar-refractivity contribution in [3.8, 4) is 0 Å². The number of hydrogen-bond acceptors (Lipinski definition) is 4. The van der Waals surface area contributed by atoms with Gasteiger partial charge in [-0.25, -0.2) is 8.78 Å². The molecular weight excluding hydrogens is 376 g/mol. The molecule has 1 aliphatic heterocycles. The Morgan fingerprint density at radius 2 is 2.00 bits per heavy atom. The lowest BCUT2D eigenvalue weighted by molar-refractivity contribution is 0.283. The van der Waals surface area contributed by atoms with Crippen LogP contribution in [0.4, 0.5) is 8.78 Å². The molecule has 1 heterocycles. The highest BCUT2D eigenvalue weighted by molar-refractivity contribution is 8.16. The molecule has 1 aromatic rings. The van der Waals surface area contributed by atoms with Crippen molar-refractivity contribution in [3.63, 3.8) is 0 Å². The first-order valence-electron chi connectivity index (χ1n) is 9.24. The van der Waals surface area contributed by atoms with Crippen molar-refractivity contribution in [2.75, 3.05) is 13.6 Å². The highest BCUT2D eigenvalue weighted by atomic mass is 32.2. The molecule has 1 unspecified atom stereocenters. The van der Waals surface area contributed by atoms with E-state index in [1.54, 1.807) is 17.2 Å². The first kappa shape index (κ1) is 23.7. The number of rotatable bonds is 7. The summed E-state index contributed by atoms with van der Waals surface area (Å²) in [5.74, 6) is -0.999. The molecule has 152 valence electrons. The summed E-state index contributed by atoms with van der Waals surface area (Å²) in [4.78, 5) is -0.626. The van der Waals surface area contributed by atoms with Crippen LogP contribution < -0.4 is 5.32 Å². The molecule has 0 aromatic heterocycles. The molecule has 0 aliphatic carbocycles. The molecule has 0 spiro atoms. The van der Waals surface area contributed by atoms with Crippen LogP contribution in [0.25, 0.3) is 0 Å². The maximum absolute atomic E-state index is 14.2. The number of nitrogens with one attached hydrogen (secondary N) is 1. The van der Waals surface area contributed by atoms with E-state index in [0.717, 1.165) is 29.9 Å². The van der Waals surface area contributed by atoms with Gasteiger partial charge in [0.05, 0.1) is 0 Å². The molecule has 28 heavy (non-hydrogen) atoms. The number of nitrogens with zero attached hydrogens (tertiary/aromatic N) is 2. The molecule has 1 atom stereocenters. The number of halogens is 2. The Kier molecular flexibility index (Phi) is 9.19. The number of thioether (sulfide) groups is 1. The van der Waals surface area contributed by atoms with Crippen molar-refractivity contribution < 1.29 is 8.78 Å². The summed E-state index contributed by atoms with van der Waals surface area (Å²) in [6, 6.07) is 3.38. The van der Waals surface area contributed by atoms with E-state index in [9.17, 15) is 8.78 Å². The Morgan fingerprint density at radius 1 is 1.32 bits per heavy atom. The van der Waals surface area contributed by atoms with E-state index in [-0.39, 0.29) is 5.56 Å². The normalized spacial score (nSPS) is 19.5. The Hall–Kier alpha value is -2.34. The van der Waals surface area contributed by atoms with Crippen molar-refractivity contribution in [1.82, 2.24) is 10.3 Å². The SMILES string of the molecule is C=C/C=C\C(=C(/C=C)NCC)C1(C)SC(c2cc(F)ccc2F)=NN1C.CC. The van der Waals surface area contributed by atoms with E-state index in [1.807, 2.05) is 46.9 Å². The second-order valence-corrected chi connectivity index (χ2v) is 7.18. The van der Waals surface area contributed by atoms with Crippen molar-refractivity contribution in [2.24, 2.45) is 5.10 Å². The van der Waals surface area contributed by atoms with Gasteiger partial charge < -0.3 is 5.32 Å². The average Bonchev–Trinajstić information content (AvgIpc) is 3.00. The van der Waals surface area contributed by atoms with Crippen molar-refractivity contribution in [1.29, 1.82) is 0 Å². The van der Waals surface area contributed by atoms with Gasteiger partial charge in [-0.15, -0.1) is 0 Å². The van der Waals surface area contributed by atoms with Gasteiger partial charge in [0.2, 0.25) is 0 Å². The van der Waals surface area contributed by atoms with Crippen LogP contribution >= 0.6 is 11.8 Å². The topological polar surface area (TPSA) is 27.6 Å².